The van der Waals surface area contributed by atoms with Crippen molar-refractivity contribution in [2.75, 3.05) is 4.90 Å². The normalized spacial score (nSPS) is 24.4. The van der Waals surface area contributed by atoms with Crippen LogP contribution in [-0.2, 0) is 21.7 Å². The van der Waals surface area contributed by atoms with Crippen LogP contribution in [0.15, 0.2) is 72.8 Å². The molecule has 3 aromatic rings. The molecule has 0 bridgehead atoms. The molecule has 0 aliphatic carbocycles. The predicted molar refractivity (Wildman–Crippen MR) is 126 cm³/mol. The zero-order chi connectivity index (χ0) is 23.6. The number of carbonyl (C=O) groups is 2. The first kappa shape index (κ1) is 20.5. The molecule has 0 saturated carbocycles. The summed E-state index contributed by atoms with van der Waals surface area (Å²) in [4.78, 5) is 40.1. The summed E-state index contributed by atoms with van der Waals surface area (Å²) in [5.74, 6) is -2.36. The van der Waals surface area contributed by atoms with Crippen LogP contribution in [0, 0.1) is 16.0 Å². The minimum Gasteiger partial charge on any atom is -0.426 e. The van der Waals surface area contributed by atoms with Gasteiger partial charge in [0.2, 0.25) is 0 Å². The maximum Gasteiger partial charge on any atom is 0.322 e. The fraction of sp³-hybridized carbons (Fsp3) is 0.160. The number of esters is 1. The summed E-state index contributed by atoms with van der Waals surface area (Å²) >= 11 is 5.55. The van der Waals surface area contributed by atoms with Crippen molar-refractivity contribution >= 4 is 40.5 Å². The van der Waals surface area contributed by atoms with E-state index in [-0.39, 0.29) is 22.3 Å². The summed E-state index contributed by atoms with van der Waals surface area (Å²) in [6.07, 6.45) is 0. The molecule has 1 amide bonds. The van der Waals surface area contributed by atoms with Gasteiger partial charge in [-0.3, -0.25) is 19.7 Å². The number of ether oxygens (including phenoxy) is 1. The van der Waals surface area contributed by atoms with Crippen LogP contribution in [-0.4, -0.2) is 21.8 Å². The van der Waals surface area contributed by atoms with Gasteiger partial charge in [-0.2, -0.15) is 0 Å². The molecule has 1 saturated heterocycles. The third kappa shape index (κ3) is 2.67. The number of carbonyl (C=O) groups excluding carboxylic acids is 2. The molecular formula is C25H17N3O5S. The number of nitrogens with one attached hydrogen (secondary N) is 1. The number of rotatable bonds is 3. The highest BCUT2D eigenvalue weighted by atomic mass is 32.1. The maximum absolute atomic E-state index is 14.2. The van der Waals surface area contributed by atoms with Crippen molar-refractivity contribution in [3.05, 3.63) is 99.6 Å². The lowest BCUT2D eigenvalue weighted by molar-refractivity contribution is -0.385. The number of benzene rings is 3. The summed E-state index contributed by atoms with van der Waals surface area (Å²) in [6.45, 7) is 0.330. The lowest BCUT2D eigenvalue weighted by Gasteiger charge is -2.35. The molecule has 9 heteroatoms. The van der Waals surface area contributed by atoms with Gasteiger partial charge in [0.25, 0.3) is 11.6 Å². The first-order valence-electron chi connectivity index (χ1n) is 10.7. The van der Waals surface area contributed by atoms with Gasteiger partial charge in [0.05, 0.1) is 22.1 Å². The highest BCUT2D eigenvalue weighted by Crippen LogP contribution is 2.58. The second-order valence-electron chi connectivity index (χ2n) is 8.55. The lowest BCUT2D eigenvalue weighted by Crippen LogP contribution is -2.51. The van der Waals surface area contributed by atoms with Crippen LogP contribution in [0.3, 0.4) is 0 Å². The molecule has 3 aliphatic rings. The number of hydrogen-bond donors (Lipinski definition) is 1. The molecule has 1 N–H and O–H groups in total. The monoisotopic (exact) mass is 471 g/mol. The molecule has 3 atom stereocenters. The minimum atomic E-state index is -1.38. The van der Waals surface area contributed by atoms with Crippen LogP contribution >= 0.6 is 12.2 Å². The molecule has 8 nitrogen and oxygen atoms in total. The van der Waals surface area contributed by atoms with E-state index in [1.807, 2.05) is 54.6 Å². The molecule has 0 unspecified atom stereocenters. The molecule has 168 valence electrons. The summed E-state index contributed by atoms with van der Waals surface area (Å²) < 4.78 is 5.49. The van der Waals surface area contributed by atoms with Gasteiger partial charge < -0.3 is 15.0 Å². The minimum absolute atomic E-state index is 0.150. The van der Waals surface area contributed by atoms with Gasteiger partial charge in [-0.05, 0) is 17.7 Å². The van der Waals surface area contributed by atoms with Crippen molar-refractivity contribution < 1.29 is 19.2 Å². The molecule has 1 fully saturated rings. The van der Waals surface area contributed by atoms with Gasteiger partial charge in [-0.15, -0.1) is 0 Å². The number of non-ortho nitro benzene ring substituents is 1. The van der Waals surface area contributed by atoms with Crippen molar-refractivity contribution in [3.63, 3.8) is 0 Å². The number of nitrogens with zero attached hydrogens (tertiary/aromatic N) is 2. The molecule has 3 heterocycles. The fourth-order valence-electron chi connectivity index (χ4n) is 5.39. The van der Waals surface area contributed by atoms with Gasteiger partial charge in [0, 0.05) is 29.2 Å². The van der Waals surface area contributed by atoms with Crippen molar-refractivity contribution in [3.8, 4) is 5.75 Å². The predicted octanol–water partition coefficient (Wildman–Crippen LogP) is 3.59. The van der Waals surface area contributed by atoms with Gasteiger partial charge in [-0.1, -0.05) is 60.7 Å². The Labute approximate surface area is 199 Å². The largest absolute Gasteiger partial charge is 0.426 e. The number of anilines is 1. The Bertz CT molecular complexity index is 1410. The zero-order valence-electron chi connectivity index (χ0n) is 17.6. The Morgan fingerprint density at radius 2 is 1.79 bits per heavy atom. The van der Waals surface area contributed by atoms with Gasteiger partial charge in [0.1, 0.15) is 11.7 Å². The maximum atomic E-state index is 14.2. The topological polar surface area (TPSA) is 102 Å². The van der Waals surface area contributed by atoms with E-state index in [1.165, 1.54) is 18.2 Å². The highest BCUT2D eigenvalue weighted by molar-refractivity contribution is 7.80. The van der Waals surface area contributed by atoms with Crippen LogP contribution < -0.4 is 15.0 Å². The number of amides is 1. The van der Waals surface area contributed by atoms with Gasteiger partial charge in [0.15, 0.2) is 5.54 Å². The second-order valence-corrected chi connectivity index (χ2v) is 8.99. The van der Waals surface area contributed by atoms with Crippen LogP contribution in [0.25, 0.3) is 0 Å². The van der Waals surface area contributed by atoms with Crippen molar-refractivity contribution in [2.45, 2.75) is 18.0 Å². The first-order chi connectivity index (χ1) is 16.4. The number of nitro groups is 1. The Morgan fingerprint density at radius 3 is 2.56 bits per heavy atom. The fourth-order valence-corrected chi connectivity index (χ4v) is 5.78. The van der Waals surface area contributed by atoms with Crippen LogP contribution in [0.4, 0.5) is 11.4 Å². The van der Waals surface area contributed by atoms with E-state index in [1.54, 1.807) is 4.90 Å². The van der Waals surface area contributed by atoms with Crippen LogP contribution in [0.5, 0.6) is 5.75 Å². The van der Waals surface area contributed by atoms with Crippen molar-refractivity contribution in [2.24, 2.45) is 5.92 Å². The lowest BCUT2D eigenvalue weighted by atomic mass is 9.71. The molecule has 1 spiro atoms. The smallest absolute Gasteiger partial charge is 0.322 e. The van der Waals surface area contributed by atoms with E-state index in [4.69, 9.17) is 17.0 Å². The van der Waals surface area contributed by atoms with Crippen LogP contribution in [0.1, 0.15) is 22.6 Å². The average molecular weight is 471 g/mol. The van der Waals surface area contributed by atoms with Crippen molar-refractivity contribution in [1.82, 2.24) is 5.32 Å². The number of nitro benzene ring substituents is 1. The average Bonchev–Trinajstić information content (AvgIpc) is 3.28. The molecule has 6 rings (SSSR count). The highest BCUT2D eigenvalue weighted by Gasteiger charge is 2.66. The van der Waals surface area contributed by atoms with Gasteiger partial charge in [-0.25, -0.2) is 0 Å². The standard InChI is InChI=1S/C25H17N3O5S/c29-23-20-21(16-12-15(28(31)32)10-11-19(16)33-23)25(26-22(20)34)17-8-4-5-9-18(17)27(24(25)30)13-14-6-2-1-3-7-14/h1-12,20-21H,13H2,(H,26,34)/t20-,21+,25-/m0/s1. The quantitative estimate of drug-likeness (QED) is 0.205. The van der Waals surface area contributed by atoms with E-state index in [0.717, 1.165) is 5.56 Å². The van der Waals surface area contributed by atoms with E-state index in [0.29, 0.717) is 23.4 Å². The zero-order valence-corrected chi connectivity index (χ0v) is 18.5. The Morgan fingerprint density at radius 1 is 1.06 bits per heavy atom. The first-order valence-corrected chi connectivity index (χ1v) is 11.1. The SMILES string of the molecule is O=C1Oc2ccc([N+](=O)[O-])cc2[C@@H]2[C@H]1C(=S)N[C@]21C(=O)N(Cc2ccccc2)c2ccccc21. The van der Waals surface area contributed by atoms with E-state index in [9.17, 15) is 19.7 Å². The van der Waals surface area contributed by atoms with E-state index in [2.05, 4.69) is 5.32 Å². The van der Waals surface area contributed by atoms with Crippen molar-refractivity contribution in [1.29, 1.82) is 0 Å². The molecular weight excluding hydrogens is 454 g/mol. The molecule has 3 aromatic carbocycles. The van der Waals surface area contributed by atoms with Gasteiger partial charge >= 0.3 is 5.97 Å². The molecule has 0 radical (unpaired) electrons. The summed E-state index contributed by atoms with van der Waals surface area (Å²) in [5.41, 5.74) is 1.21. The number of hydrogen-bond acceptors (Lipinski definition) is 6. The molecule has 0 aromatic heterocycles. The Kier molecular flexibility index (Phi) is 4.34. The summed E-state index contributed by atoms with van der Waals surface area (Å²) in [7, 11) is 0. The third-order valence-electron chi connectivity index (χ3n) is 6.79. The Balaban J connectivity index is 1.57. The summed E-state index contributed by atoms with van der Waals surface area (Å²) in [5, 5.41) is 14.7. The van der Waals surface area contributed by atoms with E-state index < -0.39 is 28.3 Å². The number of para-hydroxylation sites is 1. The number of thiocarbonyl (C=S) groups is 1. The summed E-state index contributed by atoms with van der Waals surface area (Å²) in [6, 6.07) is 21.0. The Hall–Kier alpha value is -4.11. The number of fused-ring (bicyclic) bond motifs is 6. The molecule has 3 aliphatic heterocycles. The molecule has 34 heavy (non-hydrogen) atoms. The second kappa shape index (κ2) is 7.19. The third-order valence-corrected chi connectivity index (χ3v) is 7.15. The van der Waals surface area contributed by atoms with E-state index >= 15 is 0 Å². The van der Waals surface area contributed by atoms with Crippen LogP contribution in [0.2, 0.25) is 0 Å².